The average Bonchev–Trinajstić information content (AvgIpc) is 2.82. The topological polar surface area (TPSA) is 21.3 Å². The molecule has 2 heteroatoms. The van der Waals surface area contributed by atoms with Crippen LogP contribution >= 0.6 is 0 Å². The van der Waals surface area contributed by atoms with Crippen molar-refractivity contribution in [1.29, 1.82) is 0 Å². The molecule has 1 aromatic carbocycles. The average molecular weight is 217 g/mol. The van der Waals surface area contributed by atoms with Crippen LogP contribution in [0.4, 0.5) is 0 Å². The smallest absolute Gasteiger partial charge is 0.120 e. The number of ether oxygens (including phenoxy) is 1. The molecule has 1 atom stereocenters. The Hall–Kier alpha value is -1.02. The van der Waals surface area contributed by atoms with E-state index >= 15 is 0 Å². The SMILES string of the molecule is c1cc2c(cc1O[C@H]1CCNC1)CCCC2. The monoisotopic (exact) mass is 217 g/mol. The highest BCUT2D eigenvalue weighted by Gasteiger charge is 2.17. The first-order valence-electron chi connectivity index (χ1n) is 6.41. The molecule has 1 saturated heterocycles. The van der Waals surface area contributed by atoms with Gasteiger partial charge in [0.05, 0.1) is 0 Å². The van der Waals surface area contributed by atoms with E-state index in [1.165, 1.54) is 36.8 Å². The van der Waals surface area contributed by atoms with Crippen LogP contribution < -0.4 is 10.1 Å². The Kier molecular flexibility index (Phi) is 2.83. The van der Waals surface area contributed by atoms with Crippen LogP contribution in [-0.4, -0.2) is 19.2 Å². The van der Waals surface area contributed by atoms with E-state index in [4.69, 9.17) is 4.74 Å². The summed E-state index contributed by atoms with van der Waals surface area (Å²) in [6, 6.07) is 6.65. The van der Waals surface area contributed by atoms with E-state index in [0.717, 1.165) is 25.3 Å². The molecular weight excluding hydrogens is 198 g/mol. The molecule has 0 amide bonds. The largest absolute Gasteiger partial charge is 0.489 e. The van der Waals surface area contributed by atoms with Crippen molar-refractivity contribution in [1.82, 2.24) is 5.32 Å². The van der Waals surface area contributed by atoms with Crippen LogP contribution in [0.2, 0.25) is 0 Å². The predicted octanol–water partition coefficient (Wildman–Crippen LogP) is 2.31. The molecule has 3 rings (SSSR count). The van der Waals surface area contributed by atoms with E-state index in [1.54, 1.807) is 0 Å². The molecule has 0 saturated carbocycles. The summed E-state index contributed by atoms with van der Waals surface area (Å²) in [7, 11) is 0. The maximum absolute atomic E-state index is 5.98. The second kappa shape index (κ2) is 4.46. The number of rotatable bonds is 2. The lowest BCUT2D eigenvalue weighted by atomic mass is 9.92. The molecule has 1 heterocycles. The van der Waals surface area contributed by atoms with Gasteiger partial charge in [0.2, 0.25) is 0 Å². The van der Waals surface area contributed by atoms with Gasteiger partial charge in [0, 0.05) is 6.54 Å². The fourth-order valence-corrected chi connectivity index (χ4v) is 2.70. The summed E-state index contributed by atoms with van der Waals surface area (Å²) >= 11 is 0. The summed E-state index contributed by atoms with van der Waals surface area (Å²) in [5.74, 6) is 1.06. The molecule has 1 aromatic rings. The molecule has 0 spiro atoms. The molecule has 2 aliphatic rings. The van der Waals surface area contributed by atoms with Crippen LogP contribution in [0, 0.1) is 0 Å². The third-order valence-electron chi connectivity index (χ3n) is 3.64. The van der Waals surface area contributed by atoms with E-state index in [9.17, 15) is 0 Å². The first-order valence-corrected chi connectivity index (χ1v) is 6.41. The molecule has 86 valence electrons. The van der Waals surface area contributed by atoms with Crippen molar-refractivity contribution in [3.8, 4) is 5.75 Å². The normalized spacial score (nSPS) is 24.1. The lowest BCUT2D eigenvalue weighted by Gasteiger charge is -2.18. The number of nitrogens with one attached hydrogen (secondary N) is 1. The van der Waals surface area contributed by atoms with Gasteiger partial charge in [0.25, 0.3) is 0 Å². The fraction of sp³-hybridized carbons (Fsp3) is 0.571. The van der Waals surface area contributed by atoms with Gasteiger partial charge in [-0.25, -0.2) is 0 Å². The number of fused-ring (bicyclic) bond motifs is 1. The Morgan fingerprint density at radius 2 is 2.00 bits per heavy atom. The second-order valence-corrected chi connectivity index (χ2v) is 4.87. The lowest BCUT2D eigenvalue weighted by Crippen LogP contribution is -2.19. The summed E-state index contributed by atoms with van der Waals surface area (Å²) in [4.78, 5) is 0. The van der Waals surface area contributed by atoms with Crippen molar-refractivity contribution < 1.29 is 4.74 Å². The van der Waals surface area contributed by atoms with Gasteiger partial charge in [-0.05, 0) is 61.9 Å². The van der Waals surface area contributed by atoms with Crippen molar-refractivity contribution in [3.05, 3.63) is 29.3 Å². The highest BCUT2D eigenvalue weighted by Crippen LogP contribution is 2.26. The zero-order chi connectivity index (χ0) is 10.8. The van der Waals surface area contributed by atoms with Crippen molar-refractivity contribution in [2.45, 2.75) is 38.2 Å². The first-order chi connectivity index (χ1) is 7.92. The number of hydrogen-bond acceptors (Lipinski definition) is 2. The molecule has 2 nitrogen and oxygen atoms in total. The zero-order valence-corrected chi connectivity index (χ0v) is 9.67. The van der Waals surface area contributed by atoms with E-state index in [2.05, 4.69) is 23.5 Å². The van der Waals surface area contributed by atoms with E-state index in [0.29, 0.717) is 6.10 Å². The van der Waals surface area contributed by atoms with Crippen LogP contribution in [-0.2, 0) is 12.8 Å². The van der Waals surface area contributed by atoms with Gasteiger partial charge in [-0.2, -0.15) is 0 Å². The summed E-state index contributed by atoms with van der Waals surface area (Å²) in [5.41, 5.74) is 3.04. The van der Waals surface area contributed by atoms with Crippen molar-refractivity contribution in [2.75, 3.05) is 13.1 Å². The molecule has 16 heavy (non-hydrogen) atoms. The summed E-state index contributed by atoms with van der Waals surface area (Å²) in [5, 5.41) is 3.33. The highest BCUT2D eigenvalue weighted by molar-refractivity contribution is 5.37. The molecule has 1 aliphatic heterocycles. The summed E-state index contributed by atoms with van der Waals surface area (Å²) < 4.78 is 5.98. The van der Waals surface area contributed by atoms with Crippen molar-refractivity contribution in [2.24, 2.45) is 0 Å². The summed E-state index contributed by atoms with van der Waals surface area (Å²) in [6.45, 7) is 2.09. The summed E-state index contributed by atoms with van der Waals surface area (Å²) in [6.07, 6.45) is 6.68. The minimum absolute atomic E-state index is 0.377. The van der Waals surface area contributed by atoms with Gasteiger partial charge in [-0.15, -0.1) is 0 Å². The third kappa shape index (κ3) is 2.07. The third-order valence-corrected chi connectivity index (χ3v) is 3.64. The fourth-order valence-electron chi connectivity index (χ4n) is 2.70. The highest BCUT2D eigenvalue weighted by atomic mass is 16.5. The molecule has 1 N–H and O–H groups in total. The van der Waals surface area contributed by atoms with Gasteiger partial charge < -0.3 is 10.1 Å². The van der Waals surface area contributed by atoms with Crippen LogP contribution in [0.1, 0.15) is 30.4 Å². The Bertz CT molecular complexity index is 369. The molecule has 1 aliphatic carbocycles. The quantitative estimate of drug-likeness (QED) is 0.820. The second-order valence-electron chi connectivity index (χ2n) is 4.87. The van der Waals surface area contributed by atoms with Crippen LogP contribution in [0.15, 0.2) is 18.2 Å². The standard InChI is InChI=1S/C14H19NO/c1-2-4-12-9-13(6-5-11(12)3-1)16-14-7-8-15-10-14/h5-6,9,14-15H,1-4,7-8,10H2/t14-/m0/s1. The maximum Gasteiger partial charge on any atom is 0.120 e. The predicted molar refractivity (Wildman–Crippen MR) is 65.0 cm³/mol. The van der Waals surface area contributed by atoms with E-state index in [-0.39, 0.29) is 0 Å². The van der Waals surface area contributed by atoms with Crippen LogP contribution in [0.3, 0.4) is 0 Å². The van der Waals surface area contributed by atoms with Gasteiger partial charge in [-0.1, -0.05) is 6.07 Å². The van der Waals surface area contributed by atoms with Crippen LogP contribution in [0.5, 0.6) is 5.75 Å². The van der Waals surface area contributed by atoms with Crippen molar-refractivity contribution >= 4 is 0 Å². The molecule has 0 unspecified atom stereocenters. The molecule has 0 radical (unpaired) electrons. The van der Waals surface area contributed by atoms with Gasteiger partial charge in [0.15, 0.2) is 0 Å². The minimum atomic E-state index is 0.377. The number of hydrogen-bond donors (Lipinski definition) is 1. The lowest BCUT2D eigenvalue weighted by molar-refractivity contribution is 0.222. The number of aryl methyl sites for hydroxylation is 2. The van der Waals surface area contributed by atoms with Gasteiger partial charge in [0.1, 0.15) is 11.9 Å². The molecule has 0 aromatic heterocycles. The maximum atomic E-state index is 5.98. The van der Waals surface area contributed by atoms with Crippen LogP contribution in [0.25, 0.3) is 0 Å². The minimum Gasteiger partial charge on any atom is -0.489 e. The zero-order valence-electron chi connectivity index (χ0n) is 9.67. The van der Waals surface area contributed by atoms with Gasteiger partial charge >= 0.3 is 0 Å². The first kappa shape index (κ1) is 10.2. The molecule has 0 bridgehead atoms. The van der Waals surface area contributed by atoms with Gasteiger partial charge in [-0.3, -0.25) is 0 Å². The molecular formula is C14H19NO. The Morgan fingerprint density at radius 1 is 1.12 bits per heavy atom. The van der Waals surface area contributed by atoms with E-state index in [1.807, 2.05) is 0 Å². The number of benzene rings is 1. The van der Waals surface area contributed by atoms with Crippen molar-refractivity contribution in [3.63, 3.8) is 0 Å². The Labute approximate surface area is 97.0 Å². The Morgan fingerprint density at radius 3 is 2.81 bits per heavy atom. The van der Waals surface area contributed by atoms with E-state index < -0.39 is 0 Å². The molecule has 1 fully saturated rings. The Balaban J connectivity index is 1.74.